The highest BCUT2D eigenvalue weighted by atomic mass is 79.9. The highest BCUT2D eigenvalue weighted by Crippen LogP contribution is 2.36. The van der Waals surface area contributed by atoms with E-state index in [1.807, 2.05) is 6.07 Å². The molecule has 1 aromatic rings. The lowest BCUT2D eigenvalue weighted by atomic mass is 10.1. The van der Waals surface area contributed by atoms with E-state index in [-0.39, 0.29) is 10.6 Å². The number of rotatable bonds is 1. The van der Waals surface area contributed by atoms with Gasteiger partial charge in [0.15, 0.2) is 0 Å². The van der Waals surface area contributed by atoms with E-state index in [1.165, 1.54) is 0 Å². The molecule has 0 unspecified atom stereocenters. The summed E-state index contributed by atoms with van der Waals surface area (Å²) in [6.07, 6.45) is 0.727. The normalized spacial score (nSPS) is 13.6. The minimum absolute atomic E-state index is 0.197. The van der Waals surface area contributed by atoms with Gasteiger partial charge in [0.2, 0.25) is 0 Å². The first-order valence-corrected chi connectivity index (χ1v) is 4.69. The van der Waals surface area contributed by atoms with Crippen LogP contribution in [-0.2, 0) is 6.42 Å². The Labute approximate surface area is 83.2 Å². The molecule has 0 aliphatic carbocycles. The second-order valence-corrected chi connectivity index (χ2v) is 3.71. The van der Waals surface area contributed by atoms with Crippen molar-refractivity contribution in [3.05, 3.63) is 32.3 Å². The van der Waals surface area contributed by atoms with E-state index in [0.29, 0.717) is 4.47 Å². The molecule has 5 heteroatoms. The fraction of sp³-hybridized carbons (Fsp3) is 0.250. The Kier molecular flexibility index (Phi) is 1.95. The number of nitrogens with one attached hydrogen (secondary N) is 1. The van der Waals surface area contributed by atoms with Gasteiger partial charge < -0.3 is 5.32 Å². The SMILES string of the molecule is O=[N+]([O-])c1c(Br)ccc2c1CCN2. The third kappa shape index (κ3) is 1.29. The molecule has 0 fully saturated rings. The minimum Gasteiger partial charge on any atom is -0.384 e. The van der Waals surface area contributed by atoms with E-state index in [1.54, 1.807) is 6.07 Å². The molecule has 0 amide bonds. The maximum Gasteiger partial charge on any atom is 0.288 e. The Morgan fingerprint density at radius 3 is 3.00 bits per heavy atom. The number of nitrogens with zero attached hydrogens (tertiary/aromatic N) is 1. The van der Waals surface area contributed by atoms with Crippen molar-refractivity contribution in [2.75, 3.05) is 11.9 Å². The van der Waals surface area contributed by atoms with Crippen molar-refractivity contribution in [2.24, 2.45) is 0 Å². The average molecular weight is 243 g/mol. The molecule has 1 aromatic carbocycles. The van der Waals surface area contributed by atoms with Crippen molar-refractivity contribution in [1.29, 1.82) is 0 Å². The Morgan fingerprint density at radius 1 is 1.54 bits per heavy atom. The Hall–Kier alpha value is -1.10. The molecule has 0 bridgehead atoms. The number of anilines is 1. The van der Waals surface area contributed by atoms with Gasteiger partial charge in [-0.2, -0.15) is 0 Å². The molecule has 0 spiro atoms. The summed E-state index contributed by atoms with van der Waals surface area (Å²) in [5.74, 6) is 0. The summed E-state index contributed by atoms with van der Waals surface area (Å²) in [6.45, 7) is 0.784. The lowest BCUT2D eigenvalue weighted by molar-refractivity contribution is -0.386. The van der Waals surface area contributed by atoms with Gasteiger partial charge in [0.25, 0.3) is 5.69 Å². The van der Waals surface area contributed by atoms with Crippen LogP contribution in [0.3, 0.4) is 0 Å². The maximum atomic E-state index is 10.7. The van der Waals surface area contributed by atoms with E-state index in [9.17, 15) is 10.1 Å². The minimum atomic E-state index is -0.337. The van der Waals surface area contributed by atoms with E-state index in [0.717, 1.165) is 24.2 Å². The molecule has 4 nitrogen and oxygen atoms in total. The van der Waals surface area contributed by atoms with E-state index < -0.39 is 0 Å². The summed E-state index contributed by atoms with van der Waals surface area (Å²) in [5.41, 5.74) is 1.89. The largest absolute Gasteiger partial charge is 0.384 e. The highest BCUT2D eigenvalue weighted by molar-refractivity contribution is 9.10. The third-order valence-electron chi connectivity index (χ3n) is 2.11. The van der Waals surface area contributed by atoms with Gasteiger partial charge in [-0.1, -0.05) is 0 Å². The fourth-order valence-corrected chi connectivity index (χ4v) is 2.06. The summed E-state index contributed by atoms with van der Waals surface area (Å²) in [7, 11) is 0. The quantitative estimate of drug-likeness (QED) is 0.608. The van der Waals surface area contributed by atoms with Gasteiger partial charge in [-0.05, 0) is 34.5 Å². The van der Waals surface area contributed by atoms with Gasteiger partial charge in [0.1, 0.15) is 0 Å². The van der Waals surface area contributed by atoms with Crippen LogP contribution >= 0.6 is 15.9 Å². The fourth-order valence-electron chi connectivity index (χ4n) is 1.55. The molecular weight excluding hydrogens is 236 g/mol. The van der Waals surface area contributed by atoms with E-state index >= 15 is 0 Å². The smallest absolute Gasteiger partial charge is 0.288 e. The van der Waals surface area contributed by atoms with Gasteiger partial charge >= 0.3 is 0 Å². The lowest BCUT2D eigenvalue weighted by Gasteiger charge is -2.01. The van der Waals surface area contributed by atoms with Gasteiger partial charge in [-0.3, -0.25) is 10.1 Å². The predicted octanol–water partition coefficient (Wildman–Crippen LogP) is 2.33. The summed E-state index contributed by atoms with van der Waals surface area (Å²) in [6, 6.07) is 3.56. The number of hydrogen-bond donors (Lipinski definition) is 1. The summed E-state index contributed by atoms with van der Waals surface area (Å²) in [4.78, 5) is 10.4. The molecular formula is C8H7BrN2O2. The molecule has 0 aromatic heterocycles. The second-order valence-electron chi connectivity index (χ2n) is 2.86. The highest BCUT2D eigenvalue weighted by Gasteiger charge is 2.24. The Morgan fingerprint density at radius 2 is 2.31 bits per heavy atom. The zero-order valence-corrected chi connectivity index (χ0v) is 8.30. The molecule has 0 radical (unpaired) electrons. The summed E-state index contributed by atoms with van der Waals surface area (Å²) < 4.78 is 0.556. The average Bonchev–Trinajstić information content (AvgIpc) is 2.50. The molecule has 68 valence electrons. The molecule has 1 heterocycles. The Bertz CT molecular complexity index is 379. The van der Waals surface area contributed by atoms with Crippen LogP contribution in [0, 0.1) is 10.1 Å². The zero-order chi connectivity index (χ0) is 9.42. The summed E-state index contributed by atoms with van der Waals surface area (Å²) >= 11 is 3.18. The van der Waals surface area contributed by atoms with Crippen molar-refractivity contribution in [3.8, 4) is 0 Å². The van der Waals surface area contributed by atoms with Crippen molar-refractivity contribution in [1.82, 2.24) is 0 Å². The van der Waals surface area contributed by atoms with Crippen molar-refractivity contribution >= 4 is 27.3 Å². The zero-order valence-electron chi connectivity index (χ0n) is 6.71. The molecule has 1 aliphatic rings. The van der Waals surface area contributed by atoms with Crippen molar-refractivity contribution in [2.45, 2.75) is 6.42 Å². The van der Waals surface area contributed by atoms with Crippen LogP contribution in [0.5, 0.6) is 0 Å². The monoisotopic (exact) mass is 242 g/mol. The molecule has 2 rings (SSSR count). The first kappa shape index (κ1) is 8.50. The van der Waals surface area contributed by atoms with Gasteiger partial charge in [-0.15, -0.1) is 0 Å². The number of nitro groups is 1. The number of hydrogen-bond acceptors (Lipinski definition) is 3. The lowest BCUT2D eigenvalue weighted by Crippen LogP contribution is -1.94. The Balaban J connectivity index is 2.65. The number of halogens is 1. The van der Waals surface area contributed by atoms with Gasteiger partial charge in [0, 0.05) is 12.2 Å². The van der Waals surface area contributed by atoms with Crippen LogP contribution in [0.15, 0.2) is 16.6 Å². The van der Waals surface area contributed by atoms with E-state index in [2.05, 4.69) is 21.2 Å². The second kappa shape index (κ2) is 2.99. The predicted molar refractivity (Wildman–Crippen MR) is 53.0 cm³/mol. The van der Waals surface area contributed by atoms with Crippen LogP contribution in [0.2, 0.25) is 0 Å². The number of nitro benzene ring substituents is 1. The van der Waals surface area contributed by atoms with Crippen LogP contribution in [0.1, 0.15) is 5.56 Å². The van der Waals surface area contributed by atoms with Crippen LogP contribution in [0.4, 0.5) is 11.4 Å². The van der Waals surface area contributed by atoms with Crippen LogP contribution in [0.25, 0.3) is 0 Å². The first-order valence-electron chi connectivity index (χ1n) is 3.90. The maximum absolute atomic E-state index is 10.7. The van der Waals surface area contributed by atoms with Crippen LogP contribution < -0.4 is 5.32 Å². The molecule has 1 N–H and O–H groups in total. The van der Waals surface area contributed by atoms with Gasteiger partial charge in [-0.25, -0.2) is 0 Å². The molecule has 0 saturated carbocycles. The van der Waals surface area contributed by atoms with E-state index in [4.69, 9.17) is 0 Å². The summed E-state index contributed by atoms with van der Waals surface area (Å²) in [5, 5.41) is 13.8. The molecule has 0 atom stereocenters. The first-order chi connectivity index (χ1) is 6.20. The van der Waals surface area contributed by atoms with Gasteiger partial charge in [0.05, 0.1) is 15.0 Å². The van der Waals surface area contributed by atoms with Crippen molar-refractivity contribution < 1.29 is 4.92 Å². The van der Waals surface area contributed by atoms with Crippen LogP contribution in [-0.4, -0.2) is 11.5 Å². The molecule has 1 aliphatic heterocycles. The topological polar surface area (TPSA) is 55.2 Å². The molecule has 0 saturated heterocycles. The third-order valence-corrected chi connectivity index (χ3v) is 2.75. The standard InChI is InChI=1S/C8H7BrN2O2/c9-6-1-2-7-5(3-4-10-7)8(6)11(12)13/h1-2,10H,3-4H2. The number of fused-ring (bicyclic) bond motifs is 1. The molecule has 13 heavy (non-hydrogen) atoms. The van der Waals surface area contributed by atoms with Crippen molar-refractivity contribution in [3.63, 3.8) is 0 Å². The number of benzene rings is 1.